The second-order valence-electron chi connectivity index (χ2n) is 4.20. The number of anilines is 1. The van der Waals surface area contributed by atoms with Crippen LogP contribution in [-0.4, -0.2) is 22.1 Å². The van der Waals surface area contributed by atoms with E-state index in [2.05, 4.69) is 5.32 Å². The van der Waals surface area contributed by atoms with Crippen molar-refractivity contribution in [3.8, 4) is 5.75 Å². The molecule has 0 aliphatic carbocycles. The Bertz CT molecular complexity index is 468. The molecule has 1 aromatic rings. The van der Waals surface area contributed by atoms with Gasteiger partial charge < -0.3 is 15.5 Å². The predicted molar refractivity (Wildman–Crippen MR) is 67.7 cm³/mol. The first-order valence-electron chi connectivity index (χ1n) is 5.72. The smallest absolute Gasteiger partial charge is 0.303 e. The highest BCUT2D eigenvalue weighted by Crippen LogP contribution is 2.28. The van der Waals surface area contributed by atoms with Crippen molar-refractivity contribution in [1.82, 2.24) is 0 Å². The van der Waals surface area contributed by atoms with Crippen molar-refractivity contribution >= 4 is 17.6 Å². The molecule has 0 saturated heterocycles. The van der Waals surface area contributed by atoms with Crippen molar-refractivity contribution in [3.05, 3.63) is 23.3 Å². The molecule has 0 radical (unpaired) electrons. The molecular weight excluding hydrogens is 234 g/mol. The maximum atomic E-state index is 11.6. The maximum Gasteiger partial charge on any atom is 0.303 e. The van der Waals surface area contributed by atoms with Gasteiger partial charge in [-0.25, -0.2) is 0 Å². The van der Waals surface area contributed by atoms with E-state index < -0.39 is 5.97 Å². The summed E-state index contributed by atoms with van der Waals surface area (Å²) in [5, 5.41) is 20.8. The Morgan fingerprint density at radius 3 is 2.50 bits per heavy atom. The number of rotatable bonds is 5. The summed E-state index contributed by atoms with van der Waals surface area (Å²) in [6, 6.07) is 3.44. The number of phenolic OH excluding ortho intramolecular Hbond substituents is 1. The molecule has 0 unspecified atom stereocenters. The molecular formula is C13H17NO4. The van der Waals surface area contributed by atoms with Gasteiger partial charge in [0.1, 0.15) is 5.75 Å². The van der Waals surface area contributed by atoms with Gasteiger partial charge in [-0.2, -0.15) is 0 Å². The summed E-state index contributed by atoms with van der Waals surface area (Å²) in [6.07, 6.45) is 0.435. The number of benzene rings is 1. The van der Waals surface area contributed by atoms with Gasteiger partial charge in [0, 0.05) is 24.1 Å². The lowest BCUT2D eigenvalue weighted by molar-refractivity contribution is -0.137. The van der Waals surface area contributed by atoms with Gasteiger partial charge in [-0.15, -0.1) is 0 Å². The molecule has 0 fully saturated rings. The normalized spacial score (nSPS) is 10.1. The second-order valence-corrected chi connectivity index (χ2v) is 4.20. The average molecular weight is 251 g/mol. The summed E-state index contributed by atoms with van der Waals surface area (Å²) >= 11 is 0. The molecule has 0 aliphatic rings. The van der Waals surface area contributed by atoms with Gasteiger partial charge in [-0.05, 0) is 31.9 Å². The Labute approximate surface area is 105 Å². The van der Waals surface area contributed by atoms with Crippen LogP contribution in [0, 0.1) is 13.8 Å². The molecule has 0 bridgehead atoms. The zero-order valence-corrected chi connectivity index (χ0v) is 10.5. The fourth-order valence-corrected chi connectivity index (χ4v) is 1.58. The van der Waals surface area contributed by atoms with Crippen molar-refractivity contribution in [1.29, 1.82) is 0 Å². The lowest BCUT2D eigenvalue weighted by atomic mass is 10.1. The topological polar surface area (TPSA) is 86.6 Å². The van der Waals surface area contributed by atoms with Crippen LogP contribution in [0.5, 0.6) is 5.75 Å². The summed E-state index contributed by atoms with van der Waals surface area (Å²) in [5.74, 6) is -0.993. The zero-order chi connectivity index (χ0) is 13.7. The molecule has 0 saturated carbocycles. The Morgan fingerprint density at radius 1 is 1.22 bits per heavy atom. The van der Waals surface area contributed by atoms with E-state index in [-0.39, 0.29) is 24.5 Å². The molecule has 1 aromatic carbocycles. The van der Waals surface area contributed by atoms with Crippen LogP contribution in [-0.2, 0) is 9.59 Å². The Morgan fingerprint density at radius 2 is 1.89 bits per heavy atom. The molecule has 0 heterocycles. The van der Waals surface area contributed by atoms with Crippen LogP contribution in [0.3, 0.4) is 0 Å². The van der Waals surface area contributed by atoms with Crippen LogP contribution in [0.25, 0.3) is 0 Å². The molecule has 0 aromatic heterocycles. The quantitative estimate of drug-likeness (QED) is 0.748. The van der Waals surface area contributed by atoms with Crippen molar-refractivity contribution in [3.63, 3.8) is 0 Å². The number of carboxylic acids is 1. The van der Waals surface area contributed by atoms with Crippen LogP contribution in [0.15, 0.2) is 12.1 Å². The Kier molecular flexibility index (Phi) is 4.71. The second kappa shape index (κ2) is 6.05. The van der Waals surface area contributed by atoms with Gasteiger partial charge in [0.15, 0.2) is 0 Å². The van der Waals surface area contributed by atoms with Crippen LogP contribution < -0.4 is 5.32 Å². The first-order valence-corrected chi connectivity index (χ1v) is 5.72. The molecule has 5 heteroatoms. The van der Waals surface area contributed by atoms with E-state index in [4.69, 9.17) is 5.11 Å². The van der Waals surface area contributed by atoms with E-state index in [1.807, 2.05) is 0 Å². The van der Waals surface area contributed by atoms with Crippen LogP contribution >= 0.6 is 0 Å². The van der Waals surface area contributed by atoms with Crippen LogP contribution in [0.2, 0.25) is 0 Å². The Hall–Kier alpha value is -2.04. The number of amides is 1. The summed E-state index contributed by atoms with van der Waals surface area (Å²) in [4.78, 5) is 21.9. The van der Waals surface area contributed by atoms with Gasteiger partial charge in [0.05, 0.1) is 0 Å². The van der Waals surface area contributed by atoms with E-state index in [1.54, 1.807) is 26.0 Å². The van der Waals surface area contributed by atoms with E-state index >= 15 is 0 Å². The highest BCUT2D eigenvalue weighted by molar-refractivity contribution is 5.92. The molecule has 1 amide bonds. The predicted octanol–water partition coefficient (Wildman–Crippen LogP) is 2.20. The van der Waals surface area contributed by atoms with E-state index in [0.29, 0.717) is 17.7 Å². The van der Waals surface area contributed by atoms with Crippen LogP contribution in [0.4, 0.5) is 5.69 Å². The standard InChI is InChI=1S/C13H17NO4/c1-8-6-7-10(9(2)13(8)18)14-11(15)4-3-5-12(16)17/h6-7,18H,3-5H2,1-2H3,(H,14,15)(H,16,17). The molecule has 18 heavy (non-hydrogen) atoms. The fourth-order valence-electron chi connectivity index (χ4n) is 1.58. The third-order valence-electron chi connectivity index (χ3n) is 2.70. The highest BCUT2D eigenvalue weighted by Gasteiger charge is 2.09. The molecule has 0 spiro atoms. The van der Waals surface area contributed by atoms with Crippen molar-refractivity contribution in [2.75, 3.05) is 5.32 Å². The third kappa shape index (κ3) is 3.76. The first-order chi connectivity index (χ1) is 8.41. The number of hydrogen-bond donors (Lipinski definition) is 3. The molecule has 0 atom stereocenters. The first kappa shape index (κ1) is 14.0. The minimum Gasteiger partial charge on any atom is -0.507 e. The number of aliphatic carboxylic acids is 1. The van der Waals surface area contributed by atoms with Crippen molar-refractivity contribution in [2.24, 2.45) is 0 Å². The van der Waals surface area contributed by atoms with Gasteiger partial charge in [0.2, 0.25) is 5.91 Å². The fraction of sp³-hybridized carbons (Fsp3) is 0.385. The largest absolute Gasteiger partial charge is 0.507 e. The molecule has 98 valence electrons. The molecule has 5 nitrogen and oxygen atoms in total. The Balaban J connectivity index is 2.60. The zero-order valence-electron chi connectivity index (χ0n) is 10.5. The maximum absolute atomic E-state index is 11.6. The number of carbonyl (C=O) groups is 2. The summed E-state index contributed by atoms with van der Waals surface area (Å²) in [7, 11) is 0. The minimum atomic E-state index is -0.910. The number of carbonyl (C=O) groups excluding carboxylic acids is 1. The number of nitrogens with one attached hydrogen (secondary N) is 1. The number of hydrogen-bond acceptors (Lipinski definition) is 3. The minimum absolute atomic E-state index is 0.0223. The summed E-state index contributed by atoms with van der Waals surface area (Å²) in [5.41, 5.74) is 1.91. The molecule has 0 aliphatic heterocycles. The molecule has 3 N–H and O–H groups in total. The lowest BCUT2D eigenvalue weighted by Gasteiger charge is -2.11. The molecule has 1 rings (SSSR count). The number of aromatic hydroxyl groups is 1. The van der Waals surface area contributed by atoms with E-state index in [1.165, 1.54) is 0 Å². The summed E-state index contributed by atoms with van der Waals surface area (Å²) < 4.78 is 0. The lowest BCUT2D eigenvalue weighted by Crippen LogP contribution is -2.12. The number of carboxylic acid groups (broad SMARTS) is 1. The SMILES string of the molecule is Cc1ccc(NC(=O)CCCC(=O)O)c(C)c1O. The number of phenols is 1. The van der Waals surface area contributed by atoms with Gasteiger partial charge >= 0.3 is 5.97 Å². The summed E-state index contributed by atoms with van der Waals surface area (Å²) in [6.45, 7) is 3.50. The monoisotopic (exact) mass is 251 g/mol. The third-order valence-corrected chi connectivity index (χ3v) is 2.70. The van der Waals surface area contributed by atoms with E-state index in [9.17, 15) is 14.7 Å². The highest BCUT2D eigenvalue weighted by atomic mass is 16.4. The average Bonchev–Trinajstić information content (AvgIpc) is 2.29. The van der Waals surface area contributed by atoms with Crippen molar-refractivity contribution in [2.45, 2.75) is 33.1 Å². The van der Waals surface area contributed by atoms with Gasteiger partial charge in [0.25, 0.3) is 0 Å². The van der Waals surface area contributed by atoms with Gasteiger partial charge in [-0.3, -0.25) is 9.59 Å². The number of aryl methyl sites for hydroxylation is 1. The van der Waals surface area contributed by atoms with Crippen molar-refractivity contribution < 1.29 is 19.8 Å². The van der Waals surface area contributed by atoms with E-state index in [0.717, 1.165) is 5.56 Å². The van der Waals surface area contributed by atoms with Gasteiger partial charge in [-0.1, -0.05) is 6.07 Å². The van der Waals surface area contributed by atoms with Crippen LogP contribution in [0.1, 0.15) is 30.4 Å².